The largest absolute Gasteiger partial charge is 0.492 e. The lowest BCUT2D eigenvalue weighted by Crippen LogP contribution is -2.36. The average molecular weight is 430 g/mol. The van der Waals surface area contributed by atoms with Crippen LogP contribution in [-0.4, -0.2) is 34.0 Å². The molecule has 0 aliphatic carbocycles. The summed E-state index contributed by atoms with van der Waals surface area (Å²) in [5, 5.41) is 0.127. The monoisotopic (exact) mass is 430 g/mol. The number of nitrogens with zero attached hydrogens (tertiary/aromatic N) is 1. The number of amides is 1. The number of sulfonamides is 1. The van der Waals surface area contributed by atoms with Crippen LogP contribution in [0.2, 0.25) is 0 Å². The standard InChI is InChI=1S/C21H19FN2O5S/c22-16-10-14(24-7-3-8-24)11-17-15(16)12-18(29-17)21(25)23-30(26,27)19-6-1-4-13-5-2-9-28-20(13)19/h1,4,6,10-12H,2-3,5,7-9H2,(H,23,25). The second-order valence-corrected chi connectivity index (χ2v) is 9.07. The van der Waals surface area contributed by atoms with Crippen molar-refractivity contribution in [3.63, 3.8) is 0 Å². The van der Waals surface area contributed by atoms with Gasteiger partial charge in [0.25, 0.3) is 10.0 Å². The fraction of sp³-hybridized carbons (Fsp3) is 0.286. The molecular formula is C21H19FN2O5S. The quantitative estimate of drug-likeness (QED) is 0.684. The SMILES string of the molecule is O=C(NS(=O)(=O)c1cccc2c1OCCC2)c1cc2c(F)cc(N3CCC3)cc2o1. The number of aryl methyl sites for hydroxylation is 1. The number of carbonyl (C=O) groups is 1. The number of fused-ring (bicyclic) bond motifs is 2. The van der Waals surface area contributed by atoms with E-state index in [0.717, 1.165) is 31.5 Å². The van der Waals surface area contributed by atoms with Crippen LogP contribution in [0.5, 0.6) is 5.75 Å². The Labute approximate surface area is 172 Å². The highest BCUT2D eigenvalue weighted by Gasteiger charge is 2.28. The summed E-state index contributed by atoms with van der Waals surface area (Å²) in [7, 11) is -4.20. The van der Waals surface area contributed by atoms with Crippen molar-refractivity contribution in [2.45, 2.75) is 24.2 Å². The first-order valence-corrected chi connectivity index (χ1v) is 11.2. The molecule has 7 nitrogen and oxygen atoms in total. The minimum atomic E-state index is -4.20. The van der Waals surface area contributed by atoms with Crippen LogP contribution in [0, 0.1) is 5.82 Å². The summed E-state index contributed by atoms with van der Waals surface area (Å²) in [5.41, 5.74) is 1.65. The molecule has 0 saturated carbocycles. The fourth-order valence-corrected chi connectivity index (χ4v) is 4.90. The molecule has 3 heterocycles. The molecule has 2 aliphatic heterocycles. The molecule has 1 aromatic heterocycles. The lowest BCUT2D eigenvalue weighted by atomic mass is 10.1. The predicted octanol–water partition coefficient (Wildman–Crippen LogP) is 3.23. The van der Waals surface area contributed by atoms with Crippen LogP contribution in [0.3, 0.4) is 0 Å². The summed E-state index contributed by atoms with van der Waals surface area (Å²) < 4.78 is 53.2. The van der Waals surface area contributed by atoms with Crippen molar-refractivity contribution in [2.75, 3.05) is 24.6 Å². The third kappa shape index (κ3) is 3.19. The first-order chi connectivity index (χ1) is 14.4. The Hall–Kier alpha value is -3.07. The molecule has 1 saturated heterocycles. The molecule has 1 fully saturated rings. The average Bonchev–Trinajstić information content (AvgIpc) is 3.11. The highest BCUT2D eigenvalue weighted by Crippen LogP contribution is 2.33. The topological polar surface area (TPSA) is 88.8 Å². The molecule has 0 unspecified atom stereocenters. The zero-order chi connectivity index (χ0) is 20.9. The van der Waals surface area contributed by atoms with E-state index >= 15 is 0 Å². The molecule has 1 amide bonds. The first kappa shape index (κ1) is 18.9. The van der Waals surface area contributed by atoms with E-state index in [1.807, 2.05) is 9.62 Å². The van der Waals surface area contributed by atoms with E-state index in [9.17, 15) is 17.6 Å². The third-order valence-electron chi connectivity index (χ3n) is 5.43. The van der Waals surface area contributed by atoms with Crippen molar-refractivity contribution in [3.05, 3.63) is 53.5 Å². The molecular weight excluding hydrogens is 411 g/mol. The summed E-state index contributed by atoms with van der Waals surface area (Å²) in [6, 6.07) is 9.06. The molecule has 3 aromatic rings. The Morgan fingerprint density at radius 1 is 1.13 bits per heavy atom. The number of anilines is 1. The summed E-state index contributed by atoms with van der Waals surface area (Å²) in [6.45, 7) is 2.08. The van der Waals surface area contributed by atoms with Crippen LogP contribution in [0.25, 0.3) is 11.0 Å². The molecule has 2 aromatic carbocycles. The van der Waals surface area contributed by atoms with Crippen LogP contribution < -0.4 is 14.4 Å². The van der Waals surface area contributed by atoms with Gasteiger partial charge in [0.15, 0.2) is 5.76 Å². The highest BCUT2D eigenvalue weighted by atomic mass is 32.2. The first-order valence-electron chi connectivity index (χ1n) is 9.72. The molecule has 0 spiro atoms. The summed E-state index contributed by atoms with van der Waals surface area (Å²) in [6.07, 6.45) is 2.54. The molecule has 2 aliphatic rings. The van der Waals surface area contributed by atoms with Crippen molar-refractivity contribution < 1.29 is 26.8 Å². The fourth-order valence-electron chi connectivity index (χ4n) is 3.75. The van der Waals surface area contributed by atoms with Crippen molar-refractivity contribution >= 4 is 32.6 Å². The second kappa shape index (κ2) is 7.02. The Kier molecular flexibility index (Phi) is 4.43. The maximum absolute atomic E-state index is 14.5. The number of hydrogen-bond acceptors (Lipinski definition) is 6. The number of carbonyl (C=O) groups excluding carboxylic acids is 1. The molecule has 9 heteroatoms. The van der Waals surface area contributed by atoms with Gasteiger partial charge in [0.1, 0.15) is 22.0 Å². The number of rotatable bonds is 4. The van der Waals surface area contributed by atoms with Crippen molar-refractivity contribution in [1.82, 2.24) is 4.72 Å². The van der Waals surface area contributed by atoms with Gasteiger partial charge in [-0.05, 0) is 37.0 Å². The Morgan fingerprint density at radius 2 is 1.97 bits per heavy atom. The minimum Gasteiger partial charge on any atom is -0.492 e. The van der Waals surface area contributed by atoms with Gasteiger partial charge in [0.05, 0.1) is 12.0 Å². The van der Waals surface area contributed by atoms with Crippen molar-refractivity contribution in [2.24, 2.45) is 0 Å². The smallest absolute Gasteiger partial charge is 0.300 e. The van der Waals surface area contributed by atoms with Crippen molar-refractivity contribution in [1.29, 1.82) is 0 Å². The Morgan fingerprint density at radius 3 is 2.73 bits per heavy atom. The number of nitrogens with one attached hydrogen (secondary N) is 1. The van der Waals surface area contributed by atoms with Crippen LogP contribution >= 0.6 is 0 Å². The van der Waals surface area contributed by atoms with Gasteiger partial charge in [-0.25, -0.2) is 17.5 Å². The molecule has 5 rings (SSSR count). The lowest BCUT2D eigenvalue weighted by Gasteiger charge is -2.33. The van der Waals surface area contributed by atoms with Gasteiger partial charge < -0.3 is 14.1 Å². The van der Waals surface area contributed by atoms with E-state index < -0.39 is 21.7 Å². The minimum absolute atomic E-state index is 0.101. The van der Waals surface area contributed by atoms with Crippen LogP contribution in [0.1, 0.15) is 29.0 Å². The number of benzene rings is 2. The van der Waals surface area contributed by atoms with Gasteiger partial charge >= 0.3 is 5.91 Å². The molecule has 0 radical (unpaired) electrons. The zero-order valence-electron chi connectivity index (χ0n) is 16.0. The maximum Gasteiger partial charge on any atom is 0.300 e. The number of hydrogen-bond donors (Lipinski definition) is 1. The lowest BCUT2D eigenvalue weighted by molar-refractivity contribution is 0.0956. The molecule has 0 bridgehead atoms. The predicted molar refractivity (Wildman–Crippen MR) is 108 cm³/mol. The third-order valence-corrected chi connectivity index (χ3v) is 6.79. The molecule has 30 heavy (non-hydrogen) atoms. The van der Waals surface area contributed by atoms with Gasteiger partial charge in [-0.3, -0.25) is 4.79 Å². The molecule has 0 atom stereocenters. The van der Waals surface area contributed by atoms with Gasteiger partial charge in [-0.1, -0.05) is 12.1 Å². The van der Waals surface area contributed by atoms with E-state index in [-0.39, 0.29) is 27.4 Å². The van der Waals surface area contributed by atoms with Gasteiger partial charge in [0.2, 0.25) is 0 Å². The van der Waals surface area contributed by atoms with E-state index in [4.69, 9.17) is 9.15 Å². The second-order valence-electron chi connectivity index (χ2n) is 7.42. The van der Waals surface area contributed by atoms with Crippen molar-refractivity contribution in [3.8, 4) is 5.75 Å². The number of halogens is 1. The zero-order valence-corrected chi connectivity index (χ0v) is 16.8. The Bertz CT molecular complexity index is 1260. The maximum atomic E-state index is 14.5. The van der Waals surface area contributed by atoms with Gasteiger partial charge in [-0.15, -0.1) is 0 Å². The molecule has 156 valence electrons. The van der Waals surface area contributed by atoms with Crippen LogP contribution in [0.4, 0.5) is 10.1 Å². The van der Waals surface area contributed by atoms with E-state index in [1.165, 1.54) is 18.2 Å². The summed E-state index contributed by atoms with van der Waals surface area (Å²) in [5.74, 6) is -1.51. The van der Waals surface area contributed by atoms with Crippen LogP contribution in [0.15, 0.2) is 45.7 Å². The number of ether oxygens (including phenoxy) is 1. The number of furan rings is 1. The van der Waals surface area contributed by atoms with E-state index in [2.05, 4.69) is 0 Å². The van der Waals surface area contributed by atoms with Gasteiger partial charge in [-0.2, -0.15) is 0 Å². The van der Waals surface area contributed by atoms with E-state index in [1.54, 1.807) is 18.2 Å². The van der Waals surface area contributed by atoms with E-state index in [0.29, 0.717) is 18.7 Å². The summed E-state index contributed by atoms with van der Waals surface area (Å²) in [4.78, 5) is 14.5. The number of para-hydroxylation sites is 1. The van der Waals surface area contributed by atoms with Crippen LogP contribution in [-0.2, 0) is 16.4 Å². The molecule has 1 N–H and O–H groups in total. The highest BCUT2D eigenvalue weighted by molar-refractivity contribution is 7.90. The summed E-state index contributed by atoms with van der Waals surface area (Å²) >= 11 is 0. The Balaban J connectivity index is 1.45. The van der Waals surface area contributed by atoms with Gasteiger partial charge in [0, 0.05) is 30.9 Å². The normalized spacial score (nSPS) is 16.0.